The Hall–Kier alpha value is -6.16. The second-order valence-corrected chi connectivity index (χ2v) is 21.1. The van der Waals surface area contributed by atoms with E-state index in [0.29, 0.717) is 24.3 Å². The zero-order chi connectivity index (χ0) is 48.4. The van der Waals surface area contributed by atoms with Crippen LogP contribution in [0.25, 0.3) is 16.7 Å². The maximum atomic E-state index is 13.8. The van der Waals surface area contributed by atoms with E-state index in [1.807, 2.05) is 43.6 Å². The first-order valence-corrected chi connectivity index (χ1v) is 25.6. The normalized spacial score (nSPS) is 23.0. The van der Waals surface area contributed by atoms with Gasteiger partial charge in [-0.05, 0) is 137 Å². The fraction of sp³-hybridized carbons (Fsp3) is 0.491. The Bertz CT molecular complexity index is 2910. The monoisotopic (exact) mass is 947 g/mol. The molecule has 70 heavy (non-hydrogen) atoms. The van der Waals surface area contributed by atoms with Crippen LogP contribution in [0.5, 0.6) is 0 Å². The van der Waals surface area contributed by atoms with Gasteiger partial charge in [-0.15, -0.1) is 0 Å². The summed E-state index contributed by atoms with van der Waals surface area (Å²) in [6.07, 6.45) is 9.94. The van der Waals surface area contributed by atoms with Crippen molar-refractivity contribution in [1.29, 1.82) is 0 Å². The molecule has 15 nitrogen and oxygen atoms in total. The van der Waals surface area contributed by atoms with Crippen molar-refractivity contribution in [2.75, 3.05) is 69.6 Å². The molecule has 0 radical (unpaired) electrons. The van der Waals surface area contributed by atoms with Crippen molar-refractivity contribution >= 4 is 46.0 Å². The van der Waals surface area contributed by atoms with Crippen LogP contribution in [0.1, 0.15) is 110 Å². The van der Waals surface area contributed by atoms with Crippen LogP contribution in [-0.4, -0.2) is 129 Å². The van der Waals surface area contributed by atoms with Crippen LogP contribution in [0.15, 0.2) is 83.9 Å². The fourth-order valence-corrected chi connectivity index (χ4v) is 12.5. The highest BCUT2D eigenvalue weighted by molar-refractivity contribution is 6.15. The molecule has 8 heterocycles. The van der Waals surface area contributed by atoms with Crippen LogP contribution in [0.4, 0.5) is 11.4 Å². The van der Waals surface area contributed by atoms with E-state index >= 15 is 0 Å². The van der Waals surface area contributed by atoms with Gasteiger partial charge in [-0.2, -0.15) is 0 Å². The van der Waals surface area contributed by atoms with E-state index in [0.717, 1.165) is 137 Å². The van der Waals surface area contributed by atoms with Gasteiger partial charge in [-0.25, -0.2) is 4.98 Å². The first-order chi connectivity index (χ1) is 33.9. The molecule has 4 amide bonds. The summed E-state index contributed by atoms with van der Waals surface area (Å²) in [4.78, 5) is 81.3. The lowest BCUT2D eigenvalue weighted by atomic mass is 9.88. The Labute approximate surface area is 409 Å². The molecular formula is C55H66N10O5. The fourth-order valence-electron chi connectivity index (χ4n) is 12.5. The number of piperidine rings is 3. The lowest BCUT2D eigenvalue weighted by Gasteiger charge is -2.42. The number of amides is 4. The van der Waals surface area contributed by atoms with Gasteiger partial charge in [-0.3, -0.25) is 53.5 Å². The number of benzene rings is 2. The number of nitrogens with one attached hydrogen (secondary N) is 2. The highest BCUT2D eigenvalue weighted by Crippen LogP contribution is 2.58. The third kappa shape index (κ3) is 8.42. The molecule has 3 aromatic heterocycles. The molecule has 2 N–H and O–H groups in total. The predicted molar refractivity (Wildman–Crippen MR) is 270 cm³/mol. The van der Waals surface area contributed by atoms with Crippen LogP contribution >= 0.6 is 0 Å². The molecule has 0 bridgehead atoms. The number of aromatic nitrogens is 3. The third-order valence-electron chi connectivity index (χ3n) is 16.9. The number of carbonyl (C=O) groups excluding carboxylic acids is 4. The van der Waals surface area contributed by atoms with Gasteiger partial charge in [0, 0.05) is 125 Å². The number of anilines is 2. The molecule has 5 aliphatic heterocycles. The van der Waals surface area contributed by atoms with Crippen LogP contribution < -0.4 is 21.1 Å². The van der Waals surface area contributed by atoms with E-state index in [-0.39, 0.29) is 41.7 Å². The minimum Gasteiger partial charge on any atom is -0.388 e. The quantitative estimate of drug-likeness (QED) is 0.152. The van der Waals surface area contributed by atoms with E-state index < -0.39 is 11.5 Å². The van der Waals surface area contributed by atoms with Crippen molar-refractivity contribution in [2.24, 2.45) is 13.0 Å². The summed E-state index contributed by atoms with van der Waals surface area (Å²) in [5.74, 6) is 0.510. The number of nitrogens with zero attached hydrogens (tertiary/aromatic N) is 8. The molecular weight excluding hydrogens is 881 g/mol. The van der Waals surface area contributed by atoms with Crippen LogP contribution in [-0.2, 0) is 33.4 Å². The van der Waals surface area contributed by atoms with E-state index in [1.165, 1.54) is 16.8 Å². The Morgan fingerprint density at radius 2 is 1.64 bits per heavy atom. The summed E-state index contributed by atoms with van der Waals surface area (Å²) in [5.41, 5.74) is 8.20. The van der Waals surface area contributed by atoms with Gasteiger partial charge in [0.25, 0.3) is 11.5 Å². The van der Waals surface area contributed by atoms with Gasteiger partial charge in [0.05, 0.1) is 11.1 Å². The summed E-state index contributed by atoms with van der Waals surface area (Å²) in [6, 6.07) is 22.4. The first kappa shape index (κ1) is 46.2. The van der Waals surface area contributed by atoms with Crippen molar-refractivity contribution < 1.29 is 19.2 Å². The Morgan fingerprint density at radius 3 is 2.34 bits per heavy atom. The molecule has 366 valence electrons. The average Bonchev–Trinajstić information content (AvgIpc) is 4.07. The van der Waals surface area contributed by atoms with E-state index in [9.17, 15) is 24.0 Å². The summed E-state index contributed by atoms with van der Waals surface area (Å²) in [5, 5.41) is 6.44. The second kappa shape index (κ2) is 18.5. The van der Waals surface area contributed by atoms with Gasteiger partial charge in [0.1, 0.15) is 11.7 Å². The zero-order valence-electron chi connectivity index (χ0n) is 41.0. The van der Waals surface area contributed by atoms with Gasteiger partial charge >= 0.3 is 0 Å². The summed E-state index contributed by atoms with van der Waals surface area (Å²) >= 11 is 0. The second-order valence-electron chi connectivity index (χ2n) is 21.1. The molecule has 3 atom stereocenters. The lowest BCUT2D eigenvalue weighted by molar-refractivity contribution is -0.135. The van der Waals surface area contributed by atoms with E-state index in [1.54, 1.807) is 21.7 Å². The number of likely N-dealkylation sites (tertiary alicyclic amines) is 2. The van der Waals surface area contributed by atoms with Gasteiger partial charge < -0.3 is 14.8 Å². The van der Waals surface area contributed by atoms with Crippen LogP contribution in [0.3, 0.4) is 0 Å². The number of imide groups is 1. The van der Waals surface area contributed by atoms with Crippen molar-refractivity contribution in [3.8, 4) is 5.69 Å². The van der Waals surface area contributed by atoms with Crippen LogP contribution in [0.2, 0.25) is 0 Å². The van der Waals surface area contributed by atoms with Crippen molar-refractivity contribution in [3.05, 3.63) is 117 Å². The molecule has 15 heteroatoms. The molecule has 5 aromatic rings. The van der Waals surface area contributed by atoms with Crippen molar-refractivity contribution in [1.82, 2.24) is 39.0 Å². The van der Waals surface area contributed by atoms with E-state index in [2.05, 4.69) is 86.0 Å². The smallest absolute Gasteiger partial charge is 0.257 e. The number of fused-ring (bicyclic) bond motifs is 3. The number of hydrogen-bond donors (Lipinski definition) is 2. The number of piperazine rings is 1. The SMILES string of the molecule is CNc1ccn(-c2ccnc3c2cc([C@H](C)N2CCC(c4ccc(C(=O)N5CCC(CN6CCN(Cc7ccc8c(c7)C7(CC7)C(=O)N8C7CCC(=O)NC7=O)C[C@@H]6C)CC5)cc4)CC2)n3C)c(=O)c1. The number of rotatable bonds is 11. The summed E-state index contributed by atoms with van der Waals surface area (Å²) in [6.45, 7) is 12.9. The van der Waals surface area contributed by atoms with Gasteiger partial charge in [0.15, 0.2) is 0 Å². The first-order valence-electron chi connectivity index (χ1n) is 25.6. The zero-order valence-corrected chi connectivity index (χ0v) is 41.0. The molecule has 4 saturated heterocycles. The molecule has 6 aliphatic rings. The Balaban J connectivity index is 0.639. The predicted octanol–water partition coefficient (Wildman–Crippen LogP) is 5.95. The van der Waals surface area contributed by atoms with Crippen molar-refractivity contribution in [2.45, 2.75) is 101 Å². The average molecular weight is 947 g/mol. The minimum absolute atomic E-state index is 0.0112. The number of pyridine rings is 2. The molecule has 1 saturated carbocycles. The van der Waals surface area contributed by atoms with Gasteiger partial charge in [-0.1, -0.05) is 24.3 Å². The Kier molecular flexibility index (Phi) is 12.2. The molecule has 5 fully saturated rings. The third-order valence-corrected chi connectivity index (χ3v) is 16.9. The molecule has 1 unspecified atom stereocenters. The highest BCUT2D eigenvalue weighted by atomic mass is 16.2. The number of hydrogen-bond acceptors (Lipinski definition) is 10. The molecule has 1 spiro atoms. The maximum Gasteiger partial charge on any atom is 0.257 e. The topological polar surface area (TPSA) is 148 Å². The largest absolute Gasteiger partial charge is 0.388 e. The lowest BCUT2D eigenvalue weighted by Crippen LogP contribution is -2.54. The van der Waals surface area contributed by atoms with E-state index in [4.69, 9.17) is 4.98 Å². The van der Waals surface area contributed by atoms with Crippen LogP contribution in [0, 0.1) is 5.92 Å². The van der Waals surface area contributed by atoms with Gasteiger partial charge in [0.2, 0.25) is 17.7 Å². The molecule has 11 rings (SSSR count). The highest BCUT2D eigenvalue weighted by Gasteiger charge is 2.61. The summed E-state index contributed by atoms with van der Waals surface area (Å²) < 4.78 is 3.86. The number of aryl methyl sites for hydroxylation is 1. The molecule has 2 aromatic carbocycles. The minimum atomic E-state index is -0.630. The Morgan fingerprint density at radius 1 is 0.871 bits per heavy atom. The number of carbonyl (C=O) groups is 4. The maximum absolute atomic E-state index is 13.8. The molecule has 1 aliphatic carbocycles. The standard InChI is InChI=1S/C55H66N10O5/c1-35-32-60(33-38-5-10-46-44(29-38)55(19-20-55)54(70)65(46)47-11-12-49(66)58-52(47)68)27-28-63(35)34-37-14-22-62(23-15-37)53(69)41-8-6-39(7-9-41)40-16-24-61(25-17-40)36(2)48-31-43-45(13-21-57-51(43)59(48)4)64-26-18-42(56-3)30-50(64)67/h5-10,13,18,21,26,29-31,35-37,40,47,56H,11-12,14-17,19-20,22-25,27-28,32-34H2,1-4H3,(H,58,66,68)/t35-,36-,47?/m0/s1. The van der Waals surface area contributed by atoms with Crippen molar-refractivity contribution in [3.63, 3.8) is 0 Å². The summed E-state index contributed by atoms with van der Waals surface area (Å²) in [7, 11) is 3.88.